The lowest BCUT2D eigenvalue weighted by Crippen LogP contribution is -2.50. The van der Waals surface area contributed by atoms with E-state index in [-0.39, 0.29) is 0 Å². The second kappa shape index (κ2) is 16.1. The van der Waals surface area contributed by atoms with Gasteiger partial charge in [0.2, 0.25) is 0 Å². The normalized spacial score (nSPS) is 15.8. The van der Waals surface area contributed by atoms with Crippen molar-refractivity contribution in [2.75, 3.05) is 21.3 Å². The van der Waals surface area contributed by atoms with Gasteiger partial charge in [0.15, 0.2) is 0 Å². The summed E-state index contributed by atoms with van der Waals surface area (Å²) in [6, 6.07) is 0. The second-order valence-electron chi connectivity index (χ2n) is 8.04. The Kier molecular flexibility index (Phi) is 16.1. The van der Waals surface area contributed by atoms with Crippen molar-refractivity contribution in [1.29, 1.82) is 0 Å². The molecule has 3 atom stereocenters. The lowest BCUT2D eigenvalue weighted by molar-refractivity contribution is 0.0946. The summed E-state index contributed by atoms with van der Waals surface area (Å²) in [4.78, 5) is 0. The highest BCUT2D eigenvalue weighted by Gasteiger charge is 2.49. The predicted molar refractivity (Wildman–Crippen MR) is 116 cm³/mol. The minimum absolute atomic E-state index is 0.376. The van der Waals surface area contributed by atoms with Crippen LogP contribution in [-0.2, 0) is 13.3 Å². The van der Waals surface area contributed by atoms with E-state index in [1.165, 1.54) is 70.6 Å². The third-order valence-electron chi connectivity index (χ3n) is 6.29. The van der Waals surface area contributed by atoms with Crippen molar-refractivity contribution in [3.05, 3.63) is 0 Å². The van der Waals surface area contributed by atoms with Crippen LogP contribution in [0.1, 0.15) is 105 Å². The van der Waals surface area contributed by atoms with Gasteiger partial charge in [-0.05, 0) is 18.3 Å². The van der Waals surface area contributed by atoms with E-state index in [9.17, 15) is 0 Å². The van der Waals surface area contributed by atoms with Crippen LogP contribution in [-0.4, -0.2) is 30.1 Å². The van der Waals surface area contributed by atoms with Gasteiger partial charge in [-0.15, -0.1) is 0 Å². The van der Waals surface area contributed by atoms with Crippen LogP contribution in [0.25, 0.3) is 0 Å². The summed E-state index contributed by atoms with van der Waals surface area (Å²) in [6.45, 7) is 9.26. The first kappa shape index (κ1) is 26.1. The van der Waals surface area contributed by atoms with E-state index in [1.54, 1.807) is 21.3 Å². The first-order valence-electron chi connectivity index (χ1n) is 11.2. The monoisotopic (exact) mass is 388 g/mol. The van der Waals surface area contributed by atoms with Gasteiger partial charge in [0.1, 0.15) is 0 Å². The Hall–Kier alpha value is 0.0969. The number of hydrogen-bond donors (Lipinski definition) is 0. The Morgan fingerprint density at radius 2 is 1.08 bits per heavy atom. The highest BCUT2D eigenvalue weighted by Crippen LogP contribution is 2.39. The minimum Gasteiger partial charge on any atom is -0.377 e. The van der Waals surface area contributed by atoms with Crippen molar-refractivity contribution in [3.8, 4) is 0 Å². The topological polar surface area (TPSA) is 27.7 Å². The van der Waals surface area contributed by atoms with Crippen LogP contribution in [0.4, 0.5) is 0 Å². The van der Waals surface area contributed by atoms with Gasteiger partial charge in [-0.25, -0.2) is 0 Å². The molecule has 26 heavy (non-hydrogen) atoms. The van der Waals surface area contributed by atoms with Gasteiger partial charge in [0.05, 0.1) is 0 Å². The molecule has 0 N–H and O–H groups in total. The summed E-state index contributed by atoms with van der Waals surface area (Å²) in [5, 5.41) is 0. The lowest BCUT2D eigenvalue weighted by Gasteiger charge is -2.37. The van der Waals surface area contributed by atoms with Crippen molar-refractivity contribution in [1.82, 2.24) is 0 Å². The van der Waals surface area contributed by atoms with E-state index >= 15 is 0 Å². The average molecular weight is 389 g/mol. The molecule has 0 aliphatic heterocycles. The van der Waals surface area contributed by atoms with E-state index in [4.69, 9.17) is 13.3 Å². The summed E-state index contributed by atoms with van der Waals surface area (Å²) in [7, 11) is 2.66. The number of unbranched alkanes of at least 4 members (excludes halogenated alkanes) is 9. The van der Waals surface area contributed by atoms with Gasteiger partial charge in [-0.1, -0.05) is 98.3 Å². The first-order chi connectivity index (χ1) is 12.5. The zero-order valence-electron chi connectivity index (χ0n) is 18.9. The van der Waals surface area contributed by atoms with Crippen LogP contribution in [0.3, 0.4) is 0 Å². The molecule has 0 radical (unpaired) electrons. The van der Waals surface area contributed by atoms with Gasteiger partial charge >= 0.3 is 8.80 Å². The lowest BCUT2D eigenvalue weighted by atomic mass is 9.87. The molecule has 0 aromatic rings. The van der Waals surface area contributed by atoms with Crippen LogP contribution in [0, 0.1) is 11.8 Å². The fourth-order valence-electron chi connectivity index (χ4n) is 4.26. The molecular formula is C22H48O3Si. The van der Waals surface area contributed by atoms with Crippen molar-refractivity contribution in [3.63, 3.8) is 0 Å². The van der Waals surface area contributed by atoms with Gasteiger partial charge in [-0.2, -0.15) is 0 Å². The summed E-state index contributed by atoms with van der Waals surface area (Å²) in [6.07, 6.45) is 16.4. The average Bonchev–Trinajstić information content (AvgIpc) is 2.67. The molecule has 0 rings (SSSR count). The minimum atomic E-state index is -2.55. The van der Waals surface area contributed by atoms with E-state index in [2.05, 4.69) is 27.7 Å². The van der Waals surface area contributed by atoms with Crippen LogP contribution in [0.15, 0.2) is 0 Å². The fourth-order valence-corrected chi connectivity index (χ4v) is 7.14. The SMILES string of the molecule is CCCCCCCCCCCCC(C)C(C)C(CC)[Si](OC)(OC)OC. The maximum Gasteiger partial charge on any atom is 0.503 e. The van der Waals surface area contributed by atoms with Gasteiger partial charge in [0, 0.05) is 26.9 Å². The molecule has 0 bridgehead atoms. The maximum absolute atomic E-state index is 5.76. The van der Waals surface area contributed by atoms with Crippen molar-refractivity contribution in [2.24, 2.45) is 11.8 Å². The first-order valence-corrected chi connectivity index (χ1v) is 13.0. The Labute approximate surface area is 165 Å². The van der Waals surface area contributed by atoms with E-state index in [0.29, 0.717) is 17.4 Å². The Bertz CT molecular complexity index is 299. The van der Waals surface area contributed by atoms with Crippen LogP contribution in [0.5, 0.6) is 0 Å². The van der Waals surface area contributed by atoms with Crippen LogP contribution >= 0.6 is 0 Å². The standard InChI is InChI=1S/C22H48O3Si/c1-8-10-11-12-13-14-15-16-17-18-19-20(3)21(4)22(9-2)26(23-5,24-6)25-7/h20-22H,8-19H2,1-7H3. The molecular weight excluding hydrogens is 340 g/mol. The van der Waals surface area contributed by atoms with E-state index in [0.717, 1.165) is 6.42 Å². The third-order valence-corrected chi connectivity index (χ3v) is 9.84. The quantitative estimate of drug-likeness (QED) is 0.183. The summed E-state index contributed by atoms with van der Waals surface area (Å²) >= 11 is 0. The smallest absolute Gasteiger partial charge is 0.377 e. The van der Waals surface area contributed by atoms with Gasteiger partial charge in [0.25, 0.3) is 0 Å². The molecule has 0 saturated carbocycles. The van der Waals surface area contributed by atoms with Gasteiger partial charge in [-0.3, -0.25) is 0 Å². The summed E-state index contributed by atoms with van der Waals surface area (Å²) in [5.41, 5.74) is 0.376. The van der Waals surface area contributed by atoms with Crippen molar-refractivity contribution < 1.29 is 13.3 Å². The molecule has 0 aliphatic carbocycles. The zero-order chi connectivity index (χ0) is 19.8. The largest absolute Gasteiger partial charge is 0.503 e. The predicted octanol–water partition coefficient (Wildman–Crippen LogP) is 7.23. The molecule has 3 unspecified atom stereocenters. The Morgan fingerprint density at radius 1 is 0.654 bits per heavy atom. The molecule has 0 spiro atoms. The van der Waals surface area contributed by atoms with Crippen LogP contribution in [0.2, 0.25) is 5.54 Å². The highest BCUT2D eigenvalue weighted by molar-refractivity contribution is 6.62. The molecule has 0 aromatic heterocycles. The highest BCUT2D eigenvalue weighted by atomic mass is 28.4. The fraction of sp³-hybridized carbons (Fsp3) is 1.00. The molecule has 0 fully saturated rings. The van der Waals surface area contributed by atoms with Gasteiger partial charge < -0.3 is 13.3 Å². The van der Waals surface area contributed by atoms with E-state index in [1.807, 2.05) is 0 Å². The molecule has 0 aromatic carbocycles. The van der Waals surface area contributed by atoms with Crippen molar-refractivity contribution in [2.45, 2.75) is 110 Å². The Morgan fingerprint density at radius 3 is 1.46 bits per heavy atom. The number of rotatable bonds is 18. The molecule has 0 amide bonds. The van der Waals surface area contributed by atoms with Crippen LogP contribution < -0.4 is 0 Å². The van der Waals surface area contributed by atoms with E-state index < -0.39 is 8.80 Å². The third kappa shape index (κ3) is 9.34. The molecule has 4 heteroatoms. The second-order valence-corrected chi connectivity index (χ2v) is 11.2. The molecule has 158 valence electrons. The maximum atomic E-state index is 5.76. The summed E-state index contributed by atoms with van der Waals surface area (Å²) in [5.74, 6) is 1.24. The molecule has 0 aliphatic rings. The molecule has 0 heterocycles. The summed E-state index contributed by atoms with van der Waals surface area (Å²) < 4.78 is 17.3. The Balaban J connectivity index is 4.05. The number of hydrogen-bond acceptors (Lipinski definition) is 3. The van der Waals surface area contributed by atoms with Crippen molar-refractivity contribution >= 4 is 8.80 Å². The molecule has 0 saturated heterocycles. The zero-order valence-corrected chi connectivity index (χ0v) is 19.9. The molecule has 3 nitrogen and oxygen atoms in total.